The van der Waals surface area contributed by atoms with Gasteiger partial charge in [0.05, 0.1) is 17.6 Å². The summed E-state index contributed by atoms with van der Waals surface area (Å²) >= 11 is 0. The number of nitrogens with zero attached hydrogens (tertiary/aromatic N) is 2. The van der Waals surface area contributed by atoms with E-state index in [0.29, 0.717) is 5.92 Å². The van der Waals surface area contributed by atoms with Gasteiger partial charge in [-0.2, -0.15) is 0 Å². The van der Waals surface area contributed by atoms with Crippen LogP contribution in [0.15, 0.2) is 42.9 Å². The maximum atomic E-state index is 7.66. The molecule has 5 heteroatoms. The van der Waals surface area contributed by atoms with E-state index in [1.165, 1.54) is 6.21 Å². The Balaban J connectivity index is 2.06. The number of hydrogen-bond donors (Lipinski definition) is 3. The molecule has 0 bridgehead atoms. The van der Waals surface area contributed by atoms with Gasteiger partial charge in [0, 0.05) is 42.1 Å². The SMILES string of the molecule is CCCc1cc(N/C=C(\C=N)c2ccc(NCC(C)C)cn2)ccn1. The molecule has 0 unspecified atom stereocenters. The lowest BCUT2D eigenvalue weighted by Gasteiger charge is -2.09. The number of pyridine rings is 2. The van der Waals surface area contributed by atoms with Crippen molar-refractivity contribution in [2.75, 3.05) is 17.2 Å². The summed E-state index contributed by atoms with van der Waals surface area (Å²) in [6, 6.07) is 7.88. The van der Waals surface area contributed by atoms with Crippen LogP contribution in [-0.2, 0) is 6.42 Å². The molecule has 0 spiro atoms. The predicted molar refractivity (Wildman–Crippen MR) is 106 cm³/mol. The fourth-order valence-corrected chi connectivity index (χ4v) is 2.30. The maximum Gasteiger partial charge on any atom is 0.0733 e. The third-order valence-electron chi connectivity index (χ3n) is 3.65. The first-order chi connectivity index (χ1) is 12.1. The molecule has 0 radical (unpaired) electrons. The summed E-state index contributed by atoms with van der Waals surface area (Å²) in [6.07, 6.45) is 8.76. The van der Waals surface area contributed by atoms with Gasteiger partial charge in [-0.05, 0) is 36.6 Å². The van der Waals surface area contributed by atoms with Crippen LogP contribution in [0.5, 0.6) is 0 Å². The highest BCUT2D eigenvalue weighted by Gasteiger charge is 2.02. The molecule has 2 aromatic heterocycles. The zero-order valence-corrected chi connectivity index (χ0v) is 15.2. The first-order valence-electron chi connectivity index (χ1n) is 8.74. The van der Waals surface area contributed by atoms with Crippen molar-refractivity contribution < 1.29 is 0 Å². The van der Waals surface area contributed by atoms with Crippen LogP contribution in [0.2, 0.25) is 0 Å². The van der Waals surface area contributed by atoms with Crippen LogP contribution in [0.3, 0.4) is 0 Å². The Bertz CT molecular complexity index is 704. The highest BCUT2D eigenvalue weighted by atomic mass is 14.9. The molecule has 0 aromatic carbocycles. The van der Waals surface area contributed by atoms with Gasteiger partial charge in [0.2, 0.25) is 0 Å². The number of allylic oxidation sites excluding steroid dienone is 1. The number of aryl methyl sites for hydroxylation is 1. The molecule has 0 amide bonds. The Kier molecular flexibility index (Phi) is 7.14. The van der Waals surface area contributed by atoms with E-state index >= 15 is 0 Å². The van der Waals surface area contributed by atoms with Crippen LogP contribution in [-0.4, -0.2) is 22.7 Å². The van der Waals surface area contributed by atoms with E-state index in [4.69, 9.17) is 5.41 Å². The summed E-state index contributed by atoms with van der Waals surface area (Å²) in [6.45, 7) is 7.39. The minimum atomic E-state index is 0.582. The van der Waals surface area contributed by atoms with Gasteiger partial charge < -0.3 is 16.0 Å². The topological polar surface area (TPSA) is 73.7 Å². The molecule has 0 aliphatic rings. The smallest absolute Gasteiger partial charge is 0.0733 e. The Morgan fingerprint density at radius 3 is 2.68 bits per heavy atom. The molecule has 0 saturated carbocycles. The molecule has 0 aliphatic heterocycles. The molecular weight excluding hydrogens is 310 g/mol. The summed E-state index contributed by atoms with van der Waals surface area (Å²) in [7, 11) is 0. The van der Waals surface area contributed by atoms with Crippen molar-refractivity contribution >= 4 is 23.2 Å². The van der Waals surface area contributed by atoms with Crippen molar-refractivity contribution in [3.05, 3.63) is 54.2 Å². The van der Waals surface area contributed by atoms with Crippen molar-refractivity contribution in [3.8, 4) is 0 Å². The number of anilines is 2. The third kappa shape index (κ3) is 6.03. The second-order valence-electron chi connectivity index (χ2n) is 6.38. The summed E-state index contributed by atoms with van der Waals surface area (Å²) in [5.41, 5.74) is 4.52. The van der Waals surface area contributed by atoms with E-state index in [1.54, 1.807) is 12.4 Å². The molecule has 0 fully saturated rings. The van der Waals surface area contributed by atoms with Gasteiger partial charge in [-0.1, -0.05) is 27.2 Å². The molecule has 0 aliphatic carbocycles. The highest BCUT2D eigenvalue weighted by molar-refractivity contribution is 6.07. The minimum Gasteiger partial charge on any atom is -0.384 e. The van der Waals surface area contributed by atoms with Crippen LogP contribution >= 0.6 is 0 Å². The van der Waals surface area contributed by atoms with Crippen LogP contribution < -0.4 is 10.6 Å². The summed E-state index contributed by atoms with van der Waals surface area (Å²) < 4.78 is 0. The lowest BCUT2D eigenvalue weighted by Crippen LogP contribution is -2.08. The van der Waals surface area contributed by atoms with Gasteiger partial charge in [0.25, 0.3) is 0 Å². The second-order valence-corrected chi connectivity index (χ2v) is 6.38. The molecule has 3 N–H and O–H groups in total. The number of nitrogens with one attached hydrogen (secondary N) is 3. The summed E-state index contributed by atoms with van der Waals surface area (Å²) in [4.78, 5) is 8.80. The summed E-state index contributed by atoms with van der Waals surface area (Å²) in [5.74, 6) is 0.582. The fraction of sp³-hybridized carbons (Fsp3) is 0.350. The molecule has 2 heterocycles. The Hall–Kier alpha value is -2.69. The van der Waals surface area contributed by atoms with Gasteiger partial charge >= 0.3 is 0 Å². The monoisotopic (exact) mass is 337 g/mol. The zero-order chi connectivity index (χ0) is 18.1. The number of aromatic nitrogens is 2. The van der Waals surface area contributed by atoms with Crippen LogP contribution in [0, 0.1) is 11.3 Å². The third-order valence-corrected chi connectivity index (χ3v) is 3.65. The molecule has 2 aromatic rings. The molecule has 0 saturated heterocycles. The Morgan fingerprint density at radius 2 is 2.04 bits per heavy atom. The maximum absolute atomic E-state index is 7.66. The first-order valence-corrected chi connectivity index (χ1v) is 8.74. The number of hydrogen-bond acceptors (Lipinski definition) is 5. The molecule has 5 nitrogen and oxygen atoms in total. The van der Waals surface area contributed by atoms with Gasteiger partial charge in [-0.15, -0.1) is 0 Å². The second kappa shape index (κ2) is 9.57. The summed E-state index contributed by atoms with van der Waals surface area (Å²) in [5, 5.41) is 14.2. The average molecular weight is 337 g/mol. The van der Waals surface area contributed by atoms with Crippen molar-refractivity contribution in [2.45, 2.75) is 33.6 Å². The van der Waals surface area contributed by atoms with Crippen LogP contribution in [0.4, 0.5) is 11.4 Å². The van der Waals surface area contributed by atoms with Gasteiger partial charge in [-0.25, -0.2) is 0 Å². The average Bonchev–Trinajstić information content (AvgIpc) is 2.62. The normalized spacial score (nSPS) is 11.4. The van der Waals surface area contributed by atoms with Crippen molar-refractivity contribution in [3.63, 3.8) is 0 Å². The quantitative estimate of drug-likeness (QED) is 0.585. The predicted octanol–water partition coefficient (Wildman–Crippen LogP) is 4.60. The van der Waals surface area contributed by atoms with E-state index < -0.39 is 0 Å². The van der Waals surface area contributed by atoms with E-state index in [2.05, 4.69) is 41.4 Å². The molecular formula is C20H27N5. The van der Waals surface area contributed by atoms with Crippen LogP contribution in [0.1, 0.15) is 38.6 Å². The standard InChI is InChI=1S/C20H27N5/c1-4-5-17-10-18(8-9-22-17)24-13-16(11-21)20-7-6-19(14-25-20)23-12-15(2)3/h6-11,13-15,21,23H,4-5,12H2,1-3H3,(H,22,24)/b16-13+,21-11?. The van der Waals surface area contributed by atoms with Crippen molar-refractivity contribution in [1.29, 1.82) is 5.41 Å². The zero-order valence-electron chi connectivity index (χ0n) is 15.2. The molecule has 0 atom stereocenters. The highest BCUT2D eigenvalue weighted by Crippen LogP contribution is 2.15. The minimum absolute atomic E-state index is 0.582. The Morgan fingerprint density at radius 1 is 1.20 bits per heavy atom. The largest absolute Gasteiger partial charge is 0.384 e. The van der Waals surface area contributed by atoms with Gasteiger partial charge in [-0.3, -0.25) is 9.97 Å². The molecule has 132 valence electrons. The fourth-order valence-electron chi connectivity index (χ4n) is 2.30. The molecule has 25 heavy (non-hydrogen) atoms. The van der Waals surface area contributed by atoms with E-state index in [-0.39, 0.29) is 0 Å². The Labute approximate surface area is 150 Å². The van der Waals surface area contributed by atoms with E-state index in [1.807, 2.05) is 30.5 Å². The lowest BCUT2D eigenvalue weighted by molar-refractivity contribution is 0.688. The van der Waals surface area contributed by atoms with Gasteiger partial charge in [0.1, 0.15) is 0 Å². The van der Waals surface area contributed by atoms with Crippen molar-refractivity contribution in [1.82, 2.24) is 9.97 Å². The lowest BCUT2D eigenvalue weighted by atomic mass is 10.2. The molecule has 2 rings (SSSR count). The van der Waals surface area contributed by atoms with Gasteiger partial charge in [0.15, 0.2) is 0 Å². The van der Waals surface area contributed by atoms with Crippen molar-refractivity contribution in [2.24, 2.45) is 5.92 Å². The number of rotatable bonds is 9. The van der Waals surface area contributed by atoms with E-state index in [0.717, 1.165) is 47.7 Å². The van der Waals surface area contributed by atoms with E-state index in [9.17, 15) is 0 Å². The first kappa shape index (κ1) is 18.6. The van der Waals surface area contributed by atoms with Crippen LogP contribution in [0.25, 0.3) is 5.57 Å².